The zero-order valence-electron chi connectivity index (χ0n) is 20.5. The number of rotatable bonds is 9. The molecule has 1 aliphatic rings. The maximum absolute atomic E-state index is 13.7. The summed E-state index contributed by atoms with van der Waals surface area (Å²) < 4.78 is 19.1. The molecule has 0 aromatic heterocycles. The highest BCUT2D eigenvalue weighted by atomic mass is 19.1. The Morgan fingerprint density at radius 3 is 2.32 bits per heavy atom. The van der Waals surface area contributed by atoms with Gasteiger partial charge in [-0.2, -0.15) is 0 Å². The molecule has 7 heteroatoms. The van der Waals surface area contributed by atoms with Gasteiger partial charge in [-0.05, 0) is 60.5 Å². The van der Waals surface area contributed by atoms with Gasteiger partial charge in [0, 0.05) is 18.7 Å². The molecule has 0 saturated carbocycles. The Kier molecular flexibility index (Phi) is 8.10. The number of methoxy groups -OCH3 is 1. The van der Waals surface area contributed by atoms with E-state index in [-0.39, 0.29) is 17.3 Å². The predicted octanol–water partition coefficient (Wildman–Crippen LogP) is 4.72. The Hall–Kier alpha value is -3.19. The molecule has 0 radical (unpaired) electrons. The minimum Gasteiger partial charge on any atom is -0.507 e. The van der Waals surface area contributed by atoms with Gasteiger partial charge in [0.25, 0.3) is 11.7 Å². The van der Waals surface area contributed by atoms with Crippen LogP contribution in [0.1, 0.15) is 56.3 Å². The Morgan fingerprint density at radius 1 is 1.12 bits per heavy atom. The van der Waals surface area contributed by atoms with E-state index in [1.54, 1.807) is 37.4 Å². The highest BCUT2D eigenvalue weighted by Crippen LogP contribution is 2.40. The summed E-state index contributed by atoms with van der Waals surface area (Å²) in [6.07, 6.45) is 0. The number of likely N-dealkylation sites (N-methyl/N-ethyl adjacent to an activating group) is 1. The summed E-state index contributed by atoms with van der Waals surface area (Å²) in [6, 6.07) is 10.1. The molecule has 1 saturated heterocycles. The van der Waals surface area contributed by atoms with E-state index in [9.17, 15) is 19.1 Å². The number of benzene rings is 2. The zero-order chi connectivity index (χ0) is 25.0. The number of amides is 1. The van der Waals surface area contributed by atoms with Crippen molar-refractivity contribution in [1.29, 1.82) is 0 Å². The molecule has 1 N–H and O–H groups in total. The van der Waals surface area contributed by atoms with Crippen LogP contribution in [0.3, 0.4) is 0 Å². The molecule has 6 nitrogen and oxygen atoms in total. The lowest BCUT2D eigenvalue weighted by molar-refractivity contribution is -0.140. The second-order valence-corrected chi connectivity index (χ2v) is 8.68. The van der Waals surface area contributed by atoms with Gasteiger partial charge in [-0.3, -0.25) is 9.59 Å². The number of nitrogens with zero attached hydrogens (tertiary/aromatic N) is 2. The molecule has 2 aromatic rings. The first-order valence-corrected chi connectivity index (χ1v) is 11.7. The number of ketones is 1. The molecule has 0 aliphatic carbocycles. The molecular formula is C27H33FN2O4. The number of carbonyl (C=O) groups excluding carboxylic acids is 2. The number of ether oxygens (including phenoxy) is 1. The molecule has 1 aliphatic heterocycles. The molecule has 0 spiro atoms. The standard InChI is InChI=1S/C27H33FN2O4/c1-6-29(7-2)14-15-30-24(18-8-11-20(28)12-9-18)23(26(32)27(30)33)25(31)19-10-13-22(34-5)21(16-19)17(3)4/h8-13,16-17,24,31H,6-7,14-15H2,1-5H3/b25-23-. The van der Waals surface area contributed by atoms with Gasteiger partial charge in [-0.25, -0.2) is 4.39 Å². The van der Waals surface area contributed by atoms with Crippen LogP contribution in [-0.2, 0) is 9.59 Å². The first-order chi connectivity index (χ1) is 16.2. The van der Waals surface area contributed by atoms with Gasteiger partial charge in [0.05, 0.1) is 18.7 Å². The molecule has 1 fully saturated rings. The highest BCUT2D eigenvalue weighted by Gasteiger charge is 2.46. The van der Waals surface area contributed by atoms with Crippen LogP contribution in [-0.4, -0.2) is 59.9 Å². The third-order valence-electron chi connectivity index (χ3n) is 6.40. The Balaban J connectivity index is 2.14. The fraction of sp³-hybridized carbons (Fsp3) is 0.407. The van der Waals surface area contributed by atoms with Crippen LogP contribution in [0, 0.1) is 5.82 Å². The summed E-state index contributed by atoms with van der Waals surface area (Å²) in [5.41, 5.74) is 1.88. The first-order valence-electron chi connectivity index (χ1n) is 11.7. The van der Waals surface area contributed by atoms with E-state index in [0.717, 1.165) is 18.7 Å². The number of likely N-dealkylation sites (tertiary alicyclic amines) is 1. The van der Waals surface area contributed by atoms with Crippen LogP contribution in [0.2, 0.25) is 0 Å². The summed E-state index contributed by atoms with van der Waals surface area (Å²) in [4.78, 5) is 29.9. The zero-order valence-corrected chi connectivity index (χ0v) is 20.5. The van der Waals surface area contributed by atoms with Crippen LogP contribution in [0.25, 0.3) is 5.76 Å². The topological polar surface area (TPSA) is 70.1 Å². The normalized spacial score (nSPS) is 17.8. The maximum atomic E-state index is 13.7. The van der Waals surface area contributed by atoms with Crippen molar-refractivity contribution < 1.29 is 23.8 Å². The van der Waals surface area contributed by atoms with Crippen molar-refractivity contribution in [2.75, 3.05) is 33.3 Å². The lowest BCUT2D eigenvalue weighted by Gasteiger charge is -2.28. The predicted molar refractivity (Wildman–Crippen MR) is 130 cm³/mol. The van der Waals surface area contributed by atoms with Gasteiger partial charge >= 0.3 is 0 Å². The summed E-state index contributed by atoms with van der Waals surface area (Å²) in [5.74, 6) is -1.27. The number of carbonyl (C=O) groups is 2. The molecule has 1 heterocycles. The van der Waals surface area contributed by atoms with Crippen molar-refractivity contribution in [1.82, 2.24) is 9.80 Å². The molecule has 2 aromatic carbocycles. The number of hydrogen-bond donors (Lipinski definition) is 1. The van der Waals surface area contributed by atoms with Crippen molar-refractivity contribution >= 4 is 17.4 Å². The van der Waals surface area contributed by atoms with Gasteiger partial charge < -0.3 is 19.6 Å². The number of aliphatic hydroxyl groups is 1. The minimum absolute atomic E-state index is 0.0102. The van der Waals surface area contributed by atoms with Gasteiger partial charge in [-0.1, -0.05) is 39.8 Å². The van der Waals surface area contributed by atoms with Crippen LogP contribution in [0.4, 0.5) is 4.39 Å². The monoisotopic (exact) mass is 468 g/mol. The summed E-state index contributed by atoms with van der Waals surface area (Å²) in [5, 5.41) is 11.3. The highest BCUT2D eigenvalue weighted by molar-refractivity contribution is 6.46. The van der Waals surface area contributed by atoms with Crippen LogP contribution >= 0.6 is 0 Å². The van der Waals surface area contributed by atoms with Crippen molar-refractivity contribution in [3.05, 3.63) is 70.5 Å². The van der Waals surface area contributed by atoms with Gasteiger partial charge in [0.2, 0.25) is 0 Å². The van der Waals surface area contributed by atoms with Crippen molar-refractivity contribution in [3.63, 3.8) is 0 Å². The Bertz CT molecular complexity index is 1070. The van der Waals surface area contributed by atoms with E-state index in [1.165, 1.54) is 17.0 Å². The maximum Gasteiger partial charge on any atom is 0.295 e. The van der Waals surface area contributed by atoms with Crippen LogP contribution < -0.4 is 4.74 Å². The molecule has 1 atom stereocenters. The number of aliphatic hydroxyl groups excluding tert-OH is 1. The summed E-state index contributed by atoms with van der Waals surface area (Å²) in [7, 11) is 1.58. The third kappa shape index (κ3) is 4.99. The molecule has 0 bridgehead atoms. The summed E-state index contributed by atoms with van der Waals surface area (Å²) in [6.45, 7) is 10.6. The molecular weight excluding hydrogens is 435 g/mol. The van der Waals surface area contributed by atoms with Gasteiger partial charge in [0.15, 0.2) is 0 Å². The summed E-state index contributed by atoms with van der Waals surface area (Å²) >= 11 is 0. The molecule has 182 valence electrons. The second kappa shape index (κ2) is 10.8. The Labute approximate surface area is 200 Å². The lowest BCUT2D eigenvalue weighted by atomic mass is 9.93. The van der Waals surface area contributed by atoms with E-state index in [2.05, 4.69) is 4.90 Å². The lowest BCUT2D eigenvalue weighted by Crippen LogP contribution is -2.38. The van der Waals surface area contributed by atoms with E-state index >= 15 is 0 Å². The van der Waals surface area contributed by atoms with Crippen molar-refractivity contribution in [3.8, 4) is 5.75 Å². The second-order valence-electron chi connectivity index (χ2n) is 8.68. The molecule has 34 heavy (non-hydrogen) atoms. The molecule has 1 amide bonds. The SMILES string of the molecule is CCN(CC)CCN1C(=O)C(=O)/C(=C(\O)c2ccc(OC)c(C(C)C)c2)C1c1ccc(F)cc1. The number of Topliss-reactive ketones (excluding diaryl/α,β-unsaturated/α-hetero) is 1. The minimum atomic E-state index is -0.805. The van der Waals surface area contributed by atoms with E-state index < -0.39 is 23.5 Å². The number of hydrogen-bond acceptors (Lipinski definition) is 5. The van der Waals surface area contributed by atoms with Crippen molar-refractivity contribution in [2.45, 2.75) is 39.7 Å². The van der Waals surface area contributed by atoms with E-state index in [0.29, 0.717) is 30.0 Å². The fourth-order valence-corrected chi connectivity index (χ4v) is 4.38. The smallest absolute Gasteiger partial charge is 0.295 e. The number of halogens is 1. The Morgan fingerprint density at radius 2 is 1.76 bits per heavy atom. The van der Waals surface area contributed by atoms with Gasteiger partial charge in [-0.15, -0.1) is 0 Å². The largest absolute Gasteiger partial charge is 0.507 e. The van der Waals surface area contributed by atoms with Crippen LogP contribution in [0.5, 0.6) is 5.75 Å². The average Bonchev–Trinajstić information content (AvgIpc) is 3.09. The quantitative estimate of drug-likeness (QED) is 0.328. The van der Waals surface area contributed by atoms with Crippen LogP contribution in [0.15, 0.2) is 48.0 Å². The van der Waals surface area contributed by atoms with Gasteiger partial charge in [0.1, 0.15) is 17.3 Å². The molecule has 1 unspecified atom stereocenters. The fourth-order valence-electron chi connectivity index (χ4n) is 4.38. The van der Waals surface area contributed by atoms with Crippen molar-refractivity contribution in [2.24, 2.45) is 0 Å². The third-order valence-corrected chi connectivity index (χ3v) is 6.40. The first kappa shape index (κ1) is 25.4. The molecule has 3 rings (SSSR count). The van der Waals surface area contributed by atoms with E-state index in [4.69, 9.17) is 4.74 Å². The van der Waals surface area contributed by atoms with E-state index in [1.807, 2.05) is 27.7 Å². The average molecular weight is 469 g/mol.